The van der Waals surface area contributed by atoms with Crippen molar-refractivity contribution in [1.82, 2.24) is 0 Å². The van der Waals surface area contributed by atoms with Crippen LogP contribution < -0.4 is 0 Å². The number of rotatable bonds is 2. The number of nitrogens with zero attached hydrogens (tertiary/aromatic N) is 1. The second-order valence-electron chi connectivity index (χ2n) is 2.78. The van der Waals surface area contributed by atoms with Gasteiger partial charge in [0.05, 0.1) is 17.1 Å². The summed E-state index contributed by atoms with van der Waals surface area (Å²) in [6, 6.07) is 3.38. The molecule has 0 unspecified atom stereocenters. The Morgan fingerprint density at radius 2 is 2.31 bits per heavy atom. The first-order valence-corrected chi connectivity index (χ1v) is 3.74. The van der Waals surface area contributed by atoms with Gasteiger partial charge in [0.25, 0.3) is 5.69 Å². The van der Waals surface area contributed by atoms with E-state index in [1.807, 2.05) is 0 Å². The molecule has 1 saturated heterocycles. The molecule has 0 aliphatic carbocycles. The van der Waals surface area contributed by atoms with Crippen LogP contribution in [0.4, 0.5) is 10.1 Å². The molecule has 1 atom stereocenters. The summed E-state index contributed by atoms with van der Waals surface area (Å²) in [6.45, 7) is 0.435. The van der Waals surface area contributed by atoms with Gasteiger partial charge in [-0.15, -0.1) is 0 Å². The molecule has 0 amide bonds. The minimum Gasteiger partial charge on any atom is -0.368 e. The summed E-state index contributed by atoms with van der Waals surface area (Å²) in [4.78, 5) is 9.96. The smallest absolute Gasteiger partial charge is 0.275 e. The average molecular weight is 183 g/mol. The van der Waals surface area contributed by atoms with Gasteiger partial charge in [-0.3, -0.25) is 10.1 Å². The van der Waals surface area contributed by atoms with Crippen molar-refractivity contribution < 1.29 is 14.1 Å². The highest BCUT2D eigenvalue weighted by atomic mass is 19.1. The van der Waals surface area contributed by atoms with Gasteiger partial charge < -0.3 is 4.74 Å². The molecule has 1 heterocycles. The van der Waals surface area contributed by atoms with E-state index in [0.29, 0.717) is 12.2 Å². The van der Waals surface area contributed by atoms with Crippen molar-refractivity contribution in [2.45, 2.75) is 6.10 Å². The molecule has 0 aromatic heterocycles. The van der Waals surface area contributed by atoms with Gasteiger partial charge in [-0.05, 0) is 12.1 Å². The first kappa shape index (κ1) is 8.12. The molecule has 1 aromatic rings. The number of nitro benzene ring substituents is 1. The van der Waals surface area contributed by atoms with E-state index >= 15 is 0 Å². The Bertz CT molecular complexity index is 362. The van der Waals surface area contributed by atoms with Gasteiger partial charge in [0, 0.05) is 6.07 Å². The van der Waals surface area contributed by atoms with Gasteiger partial charge in [0.15, 0.2) is 0 Å². The van der Waals surface area contributed by atoms with Gasteiger partial charge in [-0.2, -0.15) is 0 Å². The van der Waals surface area contributed by atoms with E-state index in [9.17, 15) is 14.5 Å². The quantitative estimate of drug-likeness (QED) is 0.399. The third-order valence-electron chi connectivity index (χ3n) is 1.87. The minimum absolute atomic E-state index is 0.0797. The van der Waals surface area contributed by atoms with E-state index in [-0.39, 0.29) is 11.8 Å². The first-order chi connectivity index (χ1) is 6.18. The molecule has 4 nitrogen and oxygen atoms in total. The lowest BCUT2D eigenvalue weighted by atomic mass is 10.1. The zero-order valence-corrected chi connectivity index (χ0v) is 6.57. The topological polar surface area (TPSA) is 55.7 Å². The van der Waals surface area contributed by atoms with Gasteiger partial charge >= 0.3 is 0 Å². The summed E-state index contributed by atoms with van der Waals surface area (Å²) in [5.41, 5.74) is 0.244. The van der Waals surface area contributed by atoms with E-state index in [4.69, 9.17) is 4.74 Å². The lowest BCUT2D eigenvalue weighted by Gasteiger charge is -1.98. The standard InChI is InChI=1S/C8H6FNO3/c9-5-1-2-7(10(11)12)6(3-5)8-4-13-8/h1-3,8H,4H2/t8-/m0/s1. The molecular formula is C8H6FNO3. The number of nitro groups is 1. The SMILES string of the molecule is O=[N+]([O-])c1ccc(F)cc1[C@@H]1CO1. The Kier molecular flexibility index (Phi) is 1.73. The summed E-state index contributed by atoms with van der Waals surface area (Å²) in [6.07, 6.45) is -0.295. The van der Waals surface area contributed by atoms with Gasteiger partial charge in [0.1, 0.15) is 11.9 Å². The average Bonchev–Trinajstić information content (AvgIpc) is 2.85. The Morgan fingerprint density at radius 3 is 2.85 bits per heavy atom. The Balaban J connectivity index is 2.47. The minimum atomic E-state index is -0.531. The second-order valence-corrected chi connectivity index (χ2v) is 2.78. The Morgan fingerprint density at radius 1 is 1.62 bits per heavy atom. The molecule has 1 aliphatic rings. The fraction of sp³-hybridized carbons (Fsp3) is 0.250. The second kappa shape index (κ2) is 2.77. The van der Waals surface area contributed by atoms with Crippen LogP contribution in [0.15, 0.2) is 18.2 Å². The van der Waals surface area contributed by atoms with Crippen molar-refractivity contribution in [3.05, 3.63) is 39.7 Å². The molecule has 13 heavy (non-hydrogen) atoms. The maximum atomic E-state index is 12.7. The highest BCUT2D eigenvalue weighted by Gasteiger charge is 2.32. The zero-order chi connectivity index (χ0) is 9.42. The fourth-order valence-corrected chi connectivity index (χ4v) is 1.18. The zero-order valence-electron chi connectivity index (χ0n) is 6.57. The maximum Gasteiger partial charge on any atom is 0.275 e. The summed E-state index contributed by atoms with van der Waals surface area (Å²) in [5.74, 6) is -0.476. The van der Waals surface area contributed by atoms with Crippen LogP contribution in [0.25, 0.3) is 0 Å². The van der Waals surface area contributed by atoms with Gasteiger partial charge in [-0.25, -0.2) is 4.39 Å². The van der Waals surface area contributed by atoms with Crippen molar-refractivity contribution >= 4 is 5.69 Å². The van der Waals surface area contributed by atoms with Crippen LogP contribution >= 0.6 is 0 Å². The van der Waals surface area contributed by atoms with Crippen molar-refractivity contribution in [2.75, 3.05) is 6.61 Å². The van der Waals surface area contributed by atoms with E-state index in [0.717, 1.165) is 18.2 Å². The number of benzene rings is 1. The summed E-state index contributed by atoms with van der Waals surface area (Å²) in [5, 5.41) is 10.5. The highest BCUT2D eigenvalue weighted by molar-refractivity contribution is 5.43. The largest absolute Gasteiger partial charge is 0.368 e. The van der Waals surface area contributed by atoms with E-state index in [2.05, 4.69) is 0 Å². The molecule has 0 spiro atoms. The van der Waals surface area contributed by atoms with Crippen molar-refractivity contribution in [2.24, 2.45) is 0 Å². The first-order valence-electron chi connectivity index (χ1n) is 3.74. The molecular weight excluding hydrogens is 177 g/mol. The van der Waals surface area contributed by atoms with Crippen LogP contribution in [0.3, 0.4) is 0 Å². The monoisotopic (exact) mass is 183 g/mol. The molecule has 1 aromatic carbocycles. The molecule has 0 N–H and O–H groups in total. The van der Waals surface area contributed by atoms with E-state index in [1.165, 1.54) is 0 Å². The van der Waals surface area contributed by atoms with Crippen molar-refractivity contribution in [1.29, 1.82) is 0 Å². The summed E-state index contributed by atoms with van der Waals surface area (Å²) in [7, 11) is 0. The molecule has 1 fully saturated rings. The molecule has 0 radical (unpaired) electrons. The number of halogens is 1. The normalized spacial score (nSPS) is 19.9. The molecule has 0 bridgehead atoms. The van der Waals surface area contributed by atoms with Crippen LogP contribution in [0.1, 0.15) is 11.7 Å². The lowest BCUT2D eigenvalue weighted by molar-refractivity contribution is -0.385. The number of hydrogen-bond donors (Lipinski definition) is 0. The number of hydrogen-bond acceptors (Lipinski definition) is 3. The van der Waals surface area contributed by atoms with Crippen LogP contribution in [-0.2, 0) is 4.74 Å². The third kappa shape index (κ3) is 1.50. The Labute approximate surface area is 73.1 Å². The summed E-state index contributed by atoms with van der Waals surface area (Å²) < 4.78 is 17.6. The van der Waals surface area contributed by atoms with Crippen LogP contribution in [-0.4, -0.2) is 11.5 Å². The van der Waals surface area contributed by atoms with Crippen molar-refractivity contribution in [3.8, 4) is 0 Å². The predicted octanol–water partition coefficient (Wildman–Crippen LogP) is 1.81. The van der Waals surface area contributed by atoms with E-state index in [1.54, 1.807) is 0 Å². The number of ether oxygens (including phenoxy) is 1. The fourth-order valence-electron chi connectivity index (χ4n) is 1.18. The number of epoxide rings is 1. The molecule has 0 saturated carbocycles. The third-order valence-corrected chi connectivity index (χ3v) is 1.87. The molecule has 5 heteroatoms. The molecule has 1 aliphatic heterocycles. The highest BCUT2D eigenvalue weighted by Crippen LogP contribution is 2.36. The lowest BCUT2D eigenvalue weighted by Crippen LogP contribution is -1.95. The maximum absolute atomic E-state index is 12.7. The Hall–Kier alpha value is -1.49. The van der Waals surface area contributed by atoms with Gasteiger partial charge in [0.2, 0.25) is 0 Å². The van der Waals surface area contributed by atoms with Crippen molar-refractivity contribution in [3.63, 3.8) is 0 Å². The molecule has 2 rings (SSSR count). The van der Waals surface area contributed by atoms with Crippen LogP contribution in [0.2, 0.25) is 0 Å². The summed E-state index contributed by atoms with van der Waals surface area (Å²) >= 11 is 0. The van der Waals surface area contributed by atoms with E-state index < -0.39 is 10.7 Å². The van der Waals surface area contributed by atoms with Crippen LogP contribution in [0.5, 0.6) is 0 Å². The van der Waals surface area contributed by atoms with Gasteiger partial charge in [-0.1, -0.05) is 0 Å². The molecule has 68 valence electrons. The van der Waals surface area contributed by atoms with Crippen LogP contribution in [0, 0.1) is 15.9 Å². The predicted molar refractivity (Wildman–Crippen MR) is 41.7 cm³/mol.